The number of carbonyl (C=O) groups is 4. The van der Waals surface area contributed by atoms with Crippen LogP contribution in [0.25, 0.3) is 0 Å². The number of nitrogens with one attached hydrogen (secondary N) is 2. The molecule has 0 radical (unpaired) electrons. The largest absolute Gasteiger partial charge is 0.372 e. The van der Waals surface area contributed by atoms with E-state index in [-0.39, 0.29) is 18.7 Å². The summed E-state index contributed by atoms with van der Waals surface area (Å²) in [6.07, 6.45) is 2.92. The molecule has 1 aromatic carbocycles. The van der Waals surface area contributed by atoms with E-state index < -0.39 is 23.8 Å². The van der Waals surface area contributed by atoms with Crippen LogP contribution in [0.4, 0.5) is 0 Å². The van der Waals surface area contributed by atoms with Gasteiger partial charge in [-0.1, -0.05) is 6.07 Å². The highest BCUT2D eigenvalue weighted by molar-refractivity contribution is 6.23. The smallest absolute Gasteiger partial charge is 0.262 e. The van der Waals surface area contributed by atoms with Crippen molar-refractivity contribution in [3.8, 4) is 0 Å². The molecule has 2 N–H and O–H groups in total. The van der Waals surface area contributed by atoms with E-state index in [2.05, 4.69) is 15.5 Å². The SMILES string of the molecule is O=C1CCC(N2C(=O)c3ccc(CN4CCC(OC5CNC5)CC4)cc3C2=O)C(=O)N1. The summed E-state index contributed by atoms with van der Waals surface area (Å²) in [6, 6.07) is 4.39. The number of hydrogen-bond acceptors (Lipinski definition) is 7. The average Bonchev–Trinajstić information content (AvgIpc) is 2.96. The molecule has 9 heteroatoms. The van der Waals surface area contributed by atoms with Crippen molar-refractivity contribution < 1.29 is 23.9 Å². The second-order valence-corrected chi connectivity index (χ2v) is 8.72. The van der Waals surface area contributed by atoms with Crippen molar-refractivity contribution in [2.75, 3.05) is 26.2 Å². The second kappa shape index (κ2) is 8.14. The van der Waals surface area contributed by atoms with Crippen LogP contribution >= 0.6 is 0 Å². The lowest BCUT2D eigenvalue weighted by atomic mass is 10.0. The highest BCUT2D eigenvalue weighted by atomic mass is 16.5. The summed E-state index contributed by atoms with van der Waals surface area (Å²) in [6.45, 7) is 4.44. The van der Waals surface area contributed by atoms with Gasteiger partial charge in [0.05, 0.1) is 23.3 Å². The number of nitrogens with zero attached hydrogens (tertiary/aromatic N) is 2. The zero-order valence-corrected chi connectivity index (χ0v) is 17.3. The Balaban J connectivity index is 1.23. The van der Waals surface area contributed by atoms with Gasteiger partial charge in [-0.15, -0.1) is 0 Å². The Kier molecular flexibility index (Phi) is 5.33. The Hall–Kier alpha value is -2.62. The fourth-order valence-electron chi connectivity index (χ4n) is 4.71. The molecule has 4 heterocycles. The molecule has 0 aliphatic carbocycles. The predicted molar refractivity (Wildman–Crippen MR) is 109 cm³/mol. The number of benzene rings is 1. The van der Waals surface area contributed by atoms with E-state index in [9.17, 15) is 19.2 Å². The van der Waals surface area contributed by atoms with Gasteiger partial charge in [-0.3, -0.25) is 34.3 Å². The first-order chi connectivity index (χ1) is 15.0. The standard InChI is InChI=1S/C22H26N4O5/c27-19-4-3-18(20(28)24-19)26-21(29)16-2-1-13(9-17(16)22(26)30)12-25-7-5-14(6-8-25)31-15-10-23-11-15/h1-2,9,14-15,18,23H,3-8,10-12H2,(H,24,27,28). The maximum atomic E-state index is 13.0. The quantitative estimate of drug-likeness (QED) is 0.640. The van der Waals surface area contributed by atoms with E-state index in [4.69, 9.17) is 4.74 Å². The average molecular weight is 426 g/mol. The number of ether oxygens (including phenoxy) is 1. The summed E-state index contributed by atoms with van der Waals surface area (Å²) in [4.78, 5) is 52.7. The van der Waals surface area contributed by atoms with Crippen molar-refractivity contribution in [2.24, 2.45) is 0 Å². The number of likely N-dealkylation sites (tertiary alicyclic amines) is 1. The molecule has 9 nitrogen and oxygen atoms in total. The molecule has 31 heavy (non-hydrogen) atoms. The zero-order chi connectivity index (χ0) is 21.5. The van der Waals surface area contributed by atoms with Crippen LogP contribution in [-0.4, -0.2) is 77.9 Å². The maximum absolute atomic E-state index is 13.0. The molecular formula is C22H26N4O5. The van der Waals surface area contributed by atoms with Gasteiger partial charge in [-0.05, 0) is 37.0 Å². The summed E-state index contributed by atoms with van der Waals surface area (Å²) >= 11 is 0. The van der Waals surface area contributed by atoms with E-state index in [0.29, 0.717) is 29.9 Å². The summed E-state index contributed by atoms with van der Waals surface area (Å²) in [7, 11) is 0. The lowest BCUT2D eigenvalue weighted by Gasteiger charge is -2.36. The molecule has 0 saturated carbocycles. The van der Waals surface area contributed by atoms with Gasteiger partial charge in [-0.25, -0.2) is 0 Å². The van der Waals surface area contributed by atoms with Crippen LogP contribution in [0.2, 0.25) is 0 Å². The van der Waals surface area contributed by atoms with E-state index in [1.807, 2.05) is 6.07 Å². The Morgan fingerprint density at radius 3 is 2.35 bits per heavy atom. The van der Waals surface area contributed by atoms with Gasteiger partial charge in [-0.2, -0.15) is 0 Å². The number of imide groups is 2. The second-order valence-electron chi connectivity index (χ2n) is 8.72. The van der Waals surface area contributed by atoms with Crippen molar-refractivity contribution in [3.05, 3.63) is 34.9 Å². The Morgan fingerprint density at radius 2 is 1.68 bits per heavy atom. The number of piperidine rings is 2. The predicted octanol–water partition coefficient (Wildman–Crippen LogP) is 0.0406. The van der Waals surface area contributed by atoms with Crippen molar-refractivity contribution in [1.82, 2.24) is 20.4 Å². The fourth-order valence-corrected chi connectivity index (χ4v) is 4.71. The van der Waals surface area contributed by atoms with Gasteiger partial charge in [0.1, 0.15) is 6.04 Å². The van der Waals surface area contributed by atoms with E-state index in [1.54, 1.807) is 12.1 Å². The highest BCUT2D eigenvalue weighted by Crippen LogP contribution is 2.29. The van der Waals surface area contributed by atoms with Crippen LogP contribution in [0.5, 0.6) is 0 Å². The Bertz CT molecular complexity index is 936. The molecule has 3 fully saturated rings. The Morgan fingerprint density at radius 1 is 0.935 bits per heavy atom. The number of fused-ring (bicyclic) bond motifs is 1. The van der Waals surface area contributed by atoms with Crippen LogP contribution < -0.4 is 10.6 Å². The van der Waals surface area contributed by atoms with Crippen molar-refractivity contribution in [3.63, 3.8) is 0 Å². The van der Waals surface area contributed by atoms with Crippen LogP contribution in [0.3, 0.4) is 0 Å². The molecular weight excluding hydrogens is 400 g/mol. The summed E-state index contributed by atoms with van der Waals surface area (Å²) in [5.41, 5.74) is 1.62. The lowest BCUT2D eigenvalue weighted by molar-refractivity contribution is -0.136. The van der Waals surface area contributed by atoms with Gasteiger partial charge in [0, 0.05) is 39.1 Å². The summed E-state index contributed by atoms with van der Waals surface area (Å²) in [5, 5.41) is 5.44. The van der Waals surface area contributed by atoms with Crippen molar-refractivity contribution in [1.29, 1.82) is 0 Å². The van der Waals surface area contributed by atoms with Gasteiger partial charge in [0.25, 0.3) is 11.8 Å². The number of carbonyl (C=O) groups excluding carboxylic acids is 4. The third kappa shape index (κ3) is 3.88. The molecule has 3 saturated heterocycles. The van der Waals surface area contributed by atoms with E-state index >= 15 is 0 Å². The lowest BCUT2D eigenvalue weighted by Crippen LogP contribution is -2.54. The number of amides is 4. The minimum atomic E-state index is -0.932. The molecule has 164 valence electrons. The van der Waals surface area contributed by atoms with Gasteiger partial charge in [0.2, 0.25) is 11.8 Å². The molecule has 4 amide bonds. The fraction of sp³-hybridized carbons (Fsp3) is 0.545. The molecule has 1 atom stereocenters. The topological polar surface area (TPSA) is 108 Å². The molecule has 0 aromatic heterocycles. The third-order valence-corrected chi connectivity index (χ3v) is 6.57. The Labute approximate surface area is 180 Å². The van der Waals surface area contributed by atoms with Gasteiger partial charge < -0.3 is 10.1 Å². The van der Waals surface area contributed by atoms with Crippen LogP contribution in [0.1, 0.15) is 52.0 Å². The zero-order valence-electron chi connectivity index (χ0n) is 17.3. The molecule has 4 aliphatic rings. The number of rotatable bonds is 5. The third-order valence-electron chi connectivity index (χ3n) is 6.57. The normalized spacial score (nSPS) is 25.5. The highest BCUT2D eigenvalue weighted by Gasteiger charge is 2.44. The van der Waals surface area contributed by atoms with Gasteiger partial charge >= 0.3 is 0 Å². The molecule has 0 spiro atoms. The molecule has 5 rings (SSSR count). The first-order valence-electron chi connectivity index (χ1n) is 10.9. The minimum absolute atomic E-state index is 0.117. The molecule has 1 aromatic rings. The first kappa shape index (κ1) is 20.3. The van der Waals surface area contributed by atoms with Gasteiger partial charge in [0.15, 0.2) is 0 Å². The van der Waals surface area contributed by atoms with E-state index in [1.165, 1.54) is 0 Å². The van der Waals surface area contributed by atoms with Crippen LogP contribution in [0.15, 0.2) is 18.2 Å². The summed E-state index contributed by atoms with van der Waals surface area (Å²) in [5.74, 6) is -1.89. The van der Waals surface area contributed by atoms with Crippen LogP contribution in [0, 0.1) is 0 Å². The first-order valence-corrected chi connectivity index (χ1v) is 10.9. The molecule has 1 unspecified atom stereocenters. The van der Waals surface area contributed by atoms with Crippen molar-refractivity contribution in [2.45, 2.75) is 50.5 Å². The maximum Gasteiger partial charge on any atom is 0.262 e. The molecule has 0 bridgehead atoms. The van der Waals surface area contributed by atoms with Crippen molar-refractivity contribution >= 4 is 23.6 Å². The monoisotopic (exact) mass is 426 g/mol. The van der Waals surface area contributed by atoms with E-state index in [0.717, 1.165) is 49.5 Å². The summed E-state index contributed by atoms with van der Waals surface area (Å²) < 4.78 is 6.07. The minimum Gasteiger partial charge on any atom is -0.372 e. The molecule has 4 aliphatic heterocycles. The number of hydrogen-bond donors (Lipinski definition) is 2. The van der Waals surface area contributed by atoms with Crippen LogP contribution in [-0.2, 0) is 20.9 Å².